The molecule has 3 fully saturated rings. The summed E-state index contributed by atoms with van der Waals surface area (Å²) in [5, 5.41) is 21.8. The molecule has 12 nitrogen and oxygen atoms in total. The normalized spacial score (nSPS) is 24.5. The fourth-order valence-electron chi connectivity index (χ4n) is 6.49. The van der Waals surface area contributed by atoms with Gasteiger partial charge in [0.05, 0.1) is 25.4 Å². The smallest absolute Gasteiger partial charge is 0.410 e. The summed E-state index contributed by atoms with van der Waals surface area (Å²) in [5.74, 6) is 0. The van der Waals surface area contributed by atoms with Crippen molar-refractivity contribution in [2.45, 2.75) is 108 Å². The number of carbonyl (C=O) groups is 2. The fourth-order valence-corrected chi connectivity index (χ4v) is 6.49. The third-order valence-electron chi connectivity index (χ3n) is 8.81. The Hall–Kier alpha value is -3.12. The van der Waals surface area contributed by atoms with Crippen LogP contribution in [0.1, 0.15) is 78.6 Å². The van der Waals surface area contributed by atoms with E-state index in [1.165, 1.54) is 0 Å². The third kappa shape index (κ3) is 6.29. The molecule has 2 atom stereocenters. The molecule has 1 spiro atoms. The molecule has 6 rings (SSSR count). The van der Waals surface area contributed by atoms with Crippen LogP contribution in [0.5, 0.6) is 0 Å². The number of hydrogen-bond acceptors (Lipinski definition) is 8. The maximum atomic E-state index is 12.1. The molecular weight excluding hydrogens is 540 g/mol. The molecule has 42 heavy (non-hydrogen) atoms. The molecule has 0 aromatic carbocycles. The van der Waals surface area contributed by atoms with E-state index >= 15 is 0 Å². The summed E-state index contributed by atoms with van der Waals surface area (Å²) in [4.78, 5) is 27.8. The van der Waals surface area contributed by atoms with Crippen LogP contribution < -0.4 is 0 Å². The topological polar surface area (TPSA) is 138 Å². The van der Waals surface area contributed by atoms with Crippen molar-refractivity contribution in [1.82, 2.24) is 29.8 Å². The predicted octanol–water partition coefficient (Wildman–Crippen LogP) is 3.60. The highest BCUT2D eigenvalue weighted by molar-refractivity contribution is 5.68. The van der Waals surface area contributed by atoms with Crippen LogP contribution in [0.4, 0.5) is 9.59 Å². The highest BCUT2D eigenvalue weighted by Gasteiger charge is 2.52. The van der Waals surface area contributed by atoms with Gasteiger partial charge in [-0.2, -0.15) is 10.2 Å². The van der Waals surface area contributed by atoms with Crippen molar-refractivity contribution < 1.29 is 28.9 Å². The number of likely N-dealkylation sites (tertiary alicyclic amines) is 2. The molecule has 4 aliphatic rings. The quantitative estimate of drug-likeness (QED) is 0.509. The number of nitrogens with one attached hydrogen (secondary N) is 1. The number of ether oxygens (including phenoxy) is 3. The summed E-state index contributed by atoms with van der Waals surface area (Å²) in [6.07, 6.45) is 6.15. The van der Waals surface area contributed by atoms with Crippen LogP contribution in [0.3, 0.4) is 0 Å². The molecule has 0 saturated carbocycles. The van der Waals surface area contributed by atoms with Crippen LogP contribution >= 0.6 is 0 Å². The van der Waals surface area contributed by atoms with E-state index in [2.05, 4.69) is 15.3 Å². The molecule has 2 unspecified atom stereocenters. The van der Waals surface area contributed by atoms with Gasteiger partial charge >= 0.3 is 12.2 Å². The van der Waals surface area contributed by atoms with Gasteiger partial charge in [0.2, 0.25) is 0 Å². The number of aromatic amines is 1. The molecule has 6 heterocycles. The molecule has 2 amide bonds. The molecular formula is C30H46N6O6. The molecule has 0 bridgehead atoms. The largest absolute Gasteiger partial charge is 0.444 e. The summed E-state index contributed by atoms with van der Waals surface area (Å²) >= 11 is 0. The van der Waals surface area contributed by atoms with E-state index in [9.17, 15) is 14.7 Å². The number of aliphatic hydroxyl groups is 1. The van der Waals surface area contributed by atoms with Crippen LogP contribution in [-0.2, 0) is 31.6 Å². The first-order valence-electron chi connectivity index (χ1n) is 15.0. The molecule has 2 aromatic heterocycles. The Bertz CT molecular complexity index is 1180. The first-order valence-corrected chi connectivity index (χ1v) is 15.0. The van der Waals surface area contributed by atoms with Crippen molar-refractivity contribution in [3.05, 3.63) is 35.9 Å². The van der Waals surface area contributed by atoms with Crippen LogP contribution in [0.25, 0.3) is 0 Å². The van der Waals surface area contributed by atoms with Gasteiger partial charge in [-0.1, -0.05) is 0 Å². The number of epoxide rings is 1. The lowest BCUT2D eigenvalue weighted by molar-refractivity contribution is 0.00229. The Morgan fingerprint density at radius 3 is 1.88 bits per heavy atom. The van der Waals surface area contributed by atoms with Crippen molar-refractivity contribution in [3.63, 3.8) is 0 Å². The number of nitrogens with zero attached hydrogens (tertiary/aromatic N) is 5. The molecule has 2 aromatic rings. The minimum absolute atomic E-state index is 0.0327. The number of aromatic nitrogens is 4. The second-order valence-electron chi connectivity index (χ2n) is 14.0. The predicted molar refractivity (Wildman–Crippen MR) is 154 cm³/mol. The van der Waals surface area contributed by atoms with Crippen molar-refractivity contribution in [2.75, 3.05) is 32.8 Å². The zero-order chi connectivity index (χ0) is 30.3. The fraction of sp³-hybridized carbons (Fsp3) is 0.733. The molecule has 3 saturated heterocycles. The van der Waals surface area contributed by atoms with Crippen LogP contribution in [0.2, 0.25) is 0 Å². The van der Waals surface area contributed by atoms with E-state index in [-0.39, 0.29) is 29.1 Å². The van der Waals surface area contributed by atoms with E-state index in [0.29, 0.717) is 32.7 Å². The Labute approximate surface area is 247 Å². The average Bonchev–Trinajstić information content (AvgIpc) is 3.31. The minimum Gasteiger partial charge on any atom is -0.444 e. The molecule has 232 valence electrons. The third-order valence-corrected chi connectivity index (χ3v) is 8.81. The summed E-state index contributed by atoms with van der Waals surface area (Å²) < 4.78 is 18.3. The summed E-state index contributed by atoms with van der Waals surface area (Å²) in [6, 6.07) is 4.00. The summed E-state index contributed by atoms with van der Waals surface area (Å²) in [5.41, 5.74) is 1.00. The van der Waals surface area contributed by atoms with Gasteiger partial charge in [0.1, 0.15) is 11.2 Å². The van der Waals surface area contributed by atoms with Crippen molar-refractivity contribution in [2.24, 2.45) is 0 Å². The van der Waals surface area contributed by atoms with Gasteiger partial charge < -0.3 is 29.1 Å². The second kappa shape index (κ2) is 11.2. The average molecular weight is 587 g/mol. The van der Waals surface area contributed by atoms with Gasteiger partial charge in [-0.05, 0) is 79.4 Å². The van der Waals surface area contributed by atoms with Crippen LogP contribution in [0.15, 0.2) is 24.5 Å². The van der Waals surface area contributed by atoms with Gasteiger partial charge in [-0.15, -0.1) is 0 Å². The summed E-state index contributed by atoms with van der Waals surface area (Å²) in [6.45, 7) is 15.2. The minimum atomic E-state index is -0.474. The van der Waals surface area contributed by atoms with Gasteiger partial charge in [0, 0.05) is 60.8 Å². The van der Waals surface area contributed by atoms with E-state index in [0.717, 1.165) is 43.7 Å². The number of fused-ring (bicyclic) bond motifs is 2. The first-order chi connectivity index (χ1) is 19.7. The number of piperidine rings is 2. The molecule has 2 N–H and O–H groups in total. The van der Waals surface area contributed by atoms with Crippen molar-refractivity contribution in [1.29, 1.82) is 0 Å². The number of H-pyrrole nitrogens is 1. The standard InChI is InChI=1S/2C15H23N3O3/c1-14(2,3)21-13(19)18-8-5-15(6-9-18,12-10-20-12)11-4-7-16-17-11;1-14(2,3)21-13(20)17-8-5-15(6-9-17)11-4-7-16-18(11)10-12(15)19/h4,7,12H,5-6,8-10H2,1-3H3,(H,16,17);4,7,12,19H,5-6,8-10H2,1-3H3. The number of amides is 2. The first kappa shape index (κ1) is 30.3. The molecule has 12 heteroatoms. The number of rotatable bonds is 2. The van der Waals surface area contributed by atoms with Crippen molar-refractivity contribution >= 4 is 12.2 Å². The monoisotopic (exact) mass is 586 g/mol. The highest BCUT2D eigenvalue weighted by Crippen LogP contribution is 2.45. The molecule has 4 aliphatic heterocycles. The number of hydrogen-bond donors (Lipinski definition) is 2. The maximum absolute atomic E-state index is 12.1. The van der Waals surface area contributed by atoms with E-state index in [4.69, 9.17) is 14.2 Å². The van der Waals surface area contributed by atoms with Gasteiger partial charge in [0.15, 0.2) is 0 Å². The van der Waals surface area contributed by atoms with Gasteiger partial charge in [-0.3, -0.25) is 9.78 Å². The molecule has 0 aliphatic carbocycles. The number of carbonyl (C=O) groups excluding carboxylic acids is 2. The summed E-state index contributed by atoms with van der Waals surface area (Å²) in [7, 11) is 0. The zero-order valence-corrected chi connectivity index (χ0v) is 25.8. The van der Waals surface area contributed by atoms with E-state index in [1.807, 2.05) is 58.4 Å². The number of aliphatic hydroxyl groups excluding tert-OH is 1. The molecule has 0 radical (unpaired) electrons. The van der Waals surface area contributed by atoms with Gasteiger partial charge in [-0.25, -0.2) is 9.59 Å². The lowest BCUT2D eigenvalue weighted by Crippen LogP contribution is -2.50. The lowest BCUT2D eigenvalue weighted by Gasteiger charge is -2.41. The lowest BCUT2D eigenvalue weighted by atomic mass is 9.73. The van der Waals surface area contributed by atoms with E-state index in [1.54, 1.807) is 22.2 Å². The van der Waals surface area contributed by atoms with Crippen LogP contribution in [-0.4, -0.2) is 103 Å². The van der Waals surface area contributed by atoms with Gasteiger partial charge in [0.25, 0.3) is 0 Å². The Kier molecular flexibility index (Phi) is 8.08. The Morgan fingerprint density at radius 2 is 1.43 bits per heavy atom. The highest BCUT2D eigenvalue weighted by atomic mass is 16.6. The second-order valence-corrected chi connectivity index (χ2v) is 14.0. The maximum Gasteiger partial charge on any atom is 0.410 e. The Balaban J connectivity index is 0.000000168. The van der Waals surface area contributed by atoms with Crippen molar-refractivity contribution in [3.8, 4) is 0 Å². The zero-order valence-electron chi connectivity index (χ0n) is 25.8. The van der Waals surface area contributed by atoms with E-state index < -0.39 is 17.3 Å². The van der Waals surface area contributed by atoms with Crippen LogP contribution in [0, 0.1) is 0 Å². The SMILES string of the molecule is CC(C)(C)OC(=O)N1CCC(c2ccn[nH]2)(C2CO2)CC1.CC(C)(C)OC(=O)N1CCC2(CC1)c1ccnn1CC2O. The Morgan fingerprint density at radius 1 is 0.905 bits per heavy atom.